The second-order valence-electron chi connectivity index (χ2n) is 5.78. The Morgan fingerprint density at radius 2 is 1.65 bits per heavy atom. The third-order valence-corrected chi connectivity index (χ3v) is 4.22. The number of carbonyl (C=O) groups is 1. The van der Waals surface area contributed by atoms with Crippen LogP contribution in [-0.2, 0) is 9.53 Å². The van der Waals surface area contributed by atoms with Crippen molar-refractivity contribution in [3.05, 3.63) is 71.8 Å². The lowest BCUT2D eigenvalue weighted by Gasteiger charge is -2.13. The predicted molar refractivity (Wildman–Crippen MR) is 88.9 cm³/mol. The molecule has 1 saturated carbocycles. The summed E-state index contributed by atoms with van der Waals surface area (Å²) in [5.74, 6) is -0.962. The van der Waals surface area contributed by atoms with E-state index in [2.05, 4.69) is 0 Å². The molecule has 0 aromatic heterocycles. The van der Waals surface area contributed by atoms with Crippen LogP contribution in [0.15, 0.2) is 65.7 Å². The second kappa shape index (κ2) is 6.34. The number of carboxylic acid groups (broad SMARTS) is 1. The molecule has 2 aromatic carbocycles. The van der Waals surface area contributed by atoms with E-state index in [1.165, 1.54) is 0 Å². The molecule has 3 rings (SSSR count). The van der Waals surface area contributed by atoms with Crippen LogP contribution < -0.4 is 0 Å². The van der Waals surface area contributed by atoms with E-state index >= 15 is 0 Å². The van der Waals surface area contributed by atoms with Crippen molar-refractivity contribution < 1.29 is 14.6 Å². The van der Waals surface area contributed by atoms with Gasteiger partial charge in [0.2, 0.25) is 0 Å². The highest BCUT2D eigenvalue weighted by molar-refractivity contribution is 6.14. The van der Waals surface area contributed by atoms with Crippen LogP contribution in [0.4, 0.5) is 0 Å². The standard InChI is InChI=1S/C19H19NO3/c1-23-13-16-12-19(16,18(21)22)20-17(14-8-4-2-5-9-14)15-10-6-3-7-11-15/h2-11,16H,12-13H2,1H3,(H,21,22). The number of methoxy groups -OCH3 is 1. The fourth-order valence-corrected chi connectivity index (χ4v) is 2.85. The van der Waals surface area contributed by atoms with Gasteiger partial charge >= 0.3 is 5.97 Å². The number of nitrogens with zero attached hydrogens (tertiary/aromatic N) is 1. The van der Waals surface area contributed by atoms with Gasteiger partial charge in [-0.05, 0) is 6.42 Å². The van der Waals surface area contributed by atoms with Crippen LogP contribution in [-0.4, -0.2) is 36.0 Å². The topological polar surface area (TPSA) is 58.9 Å². The van der Waals surface area contributed by atoms with Gasteiger partial charge in [0, 0.05) is 24.2 Å². The zero-order valence-corrected chi connectivity index (χ0v) is 13.0. The van der Waals surface area contributed by atoms with E-state index in [4.69, 9.17) is 9.73 Å². The Hall–Kier alpha value is -2.46. The van der Waals surface area contributed by atoms with Gasteiger partial charge < -0.3 is 9.84 Å². The summed E-state index contributed by atoms with van der Waals surface area (Å²) in [6.07, 6.45) is 0.513. The summed E-state index contributed by atoms with van der Waals surface area (Å²) < 4.78 is 5.13. The fourth-order valence-electron chi connectivity index (χ4n) is 2.85. The first-order valence-electron chi connectivity index (χ1n) is 7.60. The molecule has 0 radical (unpaired) electrons. The van der Waals surface area contributed by atoms with E-state index in [0.29, 0.717) is 18.7 Å². The average molecular weight is 309 g/mol. The van der Waals surface area contributed by atoms with Gasteiger partial charge in [0.15, 0.2) is 5.54 Å². The van der Waals surface area contributed by atoms with Gasteiger partial charge in [-0.1, -0.05) is 60.7 Å². The molecule has 118 valence electrons. The number of aliphatic imine (C=N–C) groups is 1. The molecule has 0 saturated heterocycles. The fraction of sp³-hybridized carbons (Fsp3) is 0.263. The van der Waals surface area contributed by atoms with E-state index < -0.39 is 11.5 Å². The van der Waals surface area contributed by atoms with Gasteiger partial charge in [-0.25, -0.2) is 4.79 Å². The number of benzene rings is 2. The smallest absolute Gasteiger partial charge is 0.331 e. The van der Waals surface area contributed by atoms with Crippen molar-refractivity contribution in [2.24, 2.45) is 10.9 Å². The molecule has 0 aliphatic heterocycles. The molecule has 0 spiro atoms. The van der Waals surface area contributed by atoms with Crippen LogP contribution in [0.2, 0.25) is 0 Å². The van der Waals surface area contributed by atoms with E-state index in [9.17, 15) is 9.90 Å². The van der Waals surface area contributed by atoms with Crippen molar-refractivity contribution in [1.82, 2.24) is 0 Å². The first-order valence-corrected chi connectivity index (χ1v) is 7.60. The molecule has 2 aromatic rings. The maximum Gasteiger partial charge on any atom is 0.331 e. The Balaban J connectivity index is 2.07. The first kappa shape index (κ1) is 15.4. The molecule has 4 heteroatoms. The summed E-state index contributed by atoms with van der Waals surface area (Å²) in [6.45, 7) is 0.409. The minimum atomic E-state index is -1.07. The monoisotopic (exact) mass is 309 g/mol. The lowest BCUT2D eigenvalue weighted by molar-refractivity contribution is -0.140. The van der Waals surface area contributed by atoms with Crippen LogP contribution in [0.3, 0.4) is 0 Å². The van der Waals surface area contributed by atoms with Gasteiger partial charge in [0.25, 0.3) is 0 Å². The maximum absolute atomic E-state index is 11.8. The average Bonchev–Trinajstić information content (AvgIpc) is 3.29. The van der Waals surface area contributed by atoms with Crippen LogP contribution in [0.25, 0.3) is 0 Å². The minimum absolute atomic E-state index is 0.0765. The Bertz CT molecular complexity index is 670. The normalized spacial score (nSPS) is 22.4. The van der Waals surface area contributed by atoms with E-state index in [-0.39, 0.29) is 5.92 Å². The molecule has 0 bridgehead atoms. The van der Waals surface area contributed by atoms with Crippen LogP contribution >= 0.6 is 0 Å². The van der Waals surface area contributed by atoms with E-state index in [0.717, 1.165) is 11.1 Å². The molecule has 1 aliphatic carbocycles. The van der Waals surface area contributed by atoms with Crippen molar-refractivity contribution in [2.75, 3.05) is 13.7 Å². The third kappa shape index (κ3) is 3.03. The third-order valence-electron chi connectivity index (χ3n) is 4.22. The summed E-state index contributed by atoms with van der Waals surface area (Å²) in [4.78, 5) is 16.5. The SMILES string of the molecule is COCC1CC1(N=C(c1ccccc1)c1ccccc1)C(=O)O. The zero-order chi connectivity index (χ0) is 16.3. The molecule has 23 heavy (non-hydrogen) atoms. The summed E-state index contributed by atoms with van der Waals surface area (Å²) >= 11 is 0. The number of ether oxygens (including phenoxy) is 1. The molecular formula is C19H19NO3. The molecule has 4 nitrogen and oxygen atoms in total. The van der Waals surface area contributed by atoms with Gasteiger partial charge in [0.1, 0.15) is 0 Å². The van der Waals surface area contributed by atoms with Gasteiger partial charge in [-0.2, -0.15) is 0 Å². The summed E-state index contributed by atoms with van der Waals surface area (Å²) in [6, 6.07) is 19.4. The maximum atomic E-state index is 11.8. The molecular weight excluding hydrogens is 290 g/mol. The number of carboxylic acids is 1. The van der Waals surface area contributed by atoms with Crippen molar-refractivity contribution in [3.63, 3.8) is 0 Å². The number of rotatable bonds is 6. The predicted octanol–water partition coefficient (Wildman–Crippen LogP) is 3.01. The quantitative estimate of drug-likeness (QED) is 0.834. The lowest BCUT2D eigenvalue weighted by atomic mass is 10.0. The molecule has 1 fully saturated rings. The Kier molecular flexibility index (Phi) is 4.26. The largest absolute Gasteiger partial charge is 0.479 e. The first-order chi connectivity index (χ1) is 11.2. The molecule has 1 N–H and O–H groups in total. The number of hydrogen-bond acceptors (Lipinski definition) is 3. The Labute approximate surface area is 135 Å². The summed E-state index contributed by atoms with van der Waals surface area (Å²) in [5.41, 5.74) is 1.48. The highest BCUT2D eigenvalue weighted by Crippen LogP contribution is 2.48. The summed E-state index contributed by atoms with van der Waals surface area (Å²) in [7, 11) is 1.59. The van der Waals surface area contributed by atoms with Crippen molar-refractivity contribution in [1.29, 1.82) is 0 Å². The number of aliphatic carboxylic acids is 1. The van der Waals surface area contributed by atoms with Crippen LogP contribution in [0.5, 0.6) is 0 Å². The zero-order valence-electron chi connectivity index (χ0n) is 13.0. The Morgan fingerprint density at radius 1 is 1.13 bits per heavy atom. The van der Waals surface area contributed by atoms with Crippen molar-refractivity contribution in [2.45, 2.75) is 12.0 Å². The Morgan fingerprint density at radius 3 is 2.09 bits per heavy atom. The van der Waals surface area contributed by atoms with Gasteiger partial charge in [-0.3, -0.25) is 4.99 Å². The van der Waals surface area contributed by atoms with Crippen LogP contribution in [0.1, 0.15) is 17.5 Å². The molecule has 0 heterocycles. The lowest BCUT2D eigenvalue weighted by Crippen LogP contribution is -2.26. The number of hydrogen-bond donors (Lipinski definition) is 1. The van der Waals surface area contributed by atoms with E-state index in [1.807, 2.05) is 60.7 Å². The second-order valence-corrected chi connectivity index (χ2v) is 5.78. The molecule has 2 atom stereocenters. The van der Waals surface area contributed by atoms with E-state index in [1.54, 1.807) is 7.11 Å². The molecule has 1 aliphatic rings. The highest BCUT2D eigenvalue weighted by Gasteiger charge is 2.61. The minimum Gasteiger partial charge on any atom is -0.479 e. The van der Waals surface area contributed by atoms with Crippen molar-refractivity contribution in [3.8, 4) is 0 Å². The highest BCUT2D eigenvalue weighted by atomic mass is 16.5. The summed E-state index contributed by atoms with van der Waals surface area (Å²) in [5, 5.41) is 9.68. The van der Waals surface area contributed by atoms with Gasteiger partial charge in [0.05, 0.1) is 12.3 Å². The van der Waals surface area contributed by atoms with Crippen LogP contribution in [0, 0.1) is 5.92 Å². The molecule has 0 amide bonds. The van der Waals surface area contributed by atoms with Crippen molar-refractivity contribution >= 4 is 11.7 Å². The molecule has 2 unspecified atom stereocenters. The van der Waals surface area contributed by atoms with Gasteiger partial charge in [-0.15, -0.1) is 0 Å².